The van der Waals surface area contributed by atoms with Crippen LogP contribution in [0.25, 0.3) is 0 Å². The van der Waals surface area contributed by atoms with Gasteiger partial charge in [0.1, 0.15) is 0 Å². The van der Waals surface area contributed by atoms with Gasteiger partial charge in [0.05, 0.1) is 19.3 Å². The van der Waals surface area contributed by atoms with Gasteiger partial charge in [-0.25, -0.2) is 0 Å². The molecule has 3 heteroatoms. The summed E-state index contributed by atoms with van der Waals surface area (Å²) in [4.78, 5) is 0. The molecule has 0 spiro atoms. The lowest BCUT2D eigenvalue weighted by atomic mass is 10.0. The lowest BCUT2D eigenvalue weighted by Gasteiger charge is -2.17. The van der Waals surface area contributed by atoms with Crippen LogP contribution in [-0.2, 0) is 0 Å². The normalized spacial score (nSPS) is 14.1. The predicted octanol–water partition coefficient (Wildman–Crippen LogP) is -0.252. The quantitative estimate of drug-likeness (QED) is 0.504. The van der Waals surface area contributed by atoms with Gasteiger partial charge in [0, 0.05) is 5.92 Å². The molecule has 0 fully saturated rings. The van der Waals surface area contributed by atoms with Crippen LogP contribution >= 0.6 is 0 Å². The molecule has 0 heterocycles. The van der Waals surface area contributed by atoms with E-state index in [0.717, 1.165) is 6.42 Å². The van der Waals surface area contributed by atoms with Crippen LogP contribution in [0.4, 0.5) is 0 Å². The fourth-order valence-corrected chi connectivity index (χ4v) is 0.833. The van der Waals surface area contributed by atoms with Crippen molar-refractivity contribution in [2.75, 3.05) is 13.2 Å². The van der Waals surface area contributed by atoms with Crippen molar-refractivity contribution in [1.29, 1.82) is 0 Å². The Morgan fingerprint density at radius 1 is 1.20 bits per heavy atom. The van der Waals surface area contributed by atoms with Gasteiger partial charge in [-0.15, -0.1) is 0 Å². The molecule has 0 saturated heterocycles. The fraction of sp³-hybridized carbons (Fsp3) is 1.00. The number of aliphatic hydroxyl groups excluding tert-OH is 3. The fourth-order valence-electron chi connectivity index (χ4n) is 0.833. The predicted molar refractivity (Wildman–Crippen MR) is 38.6 cm³/mol. The van der Waals surface area contributed by atoms with Gasteiger partial charge in [0.15, 0.2) is 0 Å². The van der Waals surface area contributed by atoms with E-state index in [-0.39, 0.29) is 19.1 Å². The average Bonchev–Trinajstić information content (AvgIpc) is 1.91. The van der Waals surface area contributed by atoms with Crippen molar-refractivity contribution in [3.05, 3.63) is 0 Å². The third-order valence-electron chi connectivity index (χ3n) is 1.60. The van der Waals surface area contributed by atoms with Crippen molar-refractivity contribution < 1.29 is 15.3 Å². The first-order valence-electron chi connectivity index (χ1n) is 3.66. The smallest absolute Gasteiger partial charge is 0.0612 e. The van der Waals surface area contributed by atoms with Crippen LogP contribution in [0, 0.1) is 5.92 Å². The topological polar surface area (TPSA) is 60.7 Å². The van der Waals surface area contributed by atoms with E-state index < -0.39 is 6.10 Å². The van der Waals surface area contributed by atoms with E-state index in [1.165, 1.54) is 0 Å². The summed E-state index contributed by atoms with van der Waals surface area (Å²) < 4.78 is 0. The second-order valence-electron chi connectivity index (χ2n) is 2.48. The summed E-state index contributed by atoms with van der Waals surface area (Å²) in [6.07, 6.45) is 0.962. The maximum atomic E-state index is 9.19. The van der Waals surface area contributed by atoms with Gasteiger partial charge in [0.25, 0.3) is 0 Å². The van der Waals surface area contributed by atoms with E-state index in [2.05, 4.69) is 0 Å². The van der Waals surface area contributed by atoms with Crippen molar-refractivity contribution >= 4 is 0 Å². The number of rotatable bonds is 5. The Bertz CT molecular complexity index is 71.3. The van der Waals surface area contributed by atoms with E-state index in [1.807, 2.05) is 6.92 Å². The minimum absolute atomic E-state index is 0.141. The van der Waals surface area contributed by atoms with Crippen molar-refractivity contribution in [2.45, 2.75) is 25.9 Å². The number of hydrogen-bond donors (Lipinski definition) is 3. The lowest BCUT2D eigenvalue weighted by Crippen LogP contribution is -2.26. The van der Waals surface area contributed by atoms with Crippen molar-refractivity contribution in [2.24, 2.45) is 5.92 Å². The summed E-state index contributed by atoms with van der Waals surface area (Å²) in [6.45, 7) is 1.67. The van der Waals surface area contributed by atoms with E-state index in [4.69, 9.17) is 10.2 Å². The van der Waals surface area contributed by atoms with Gasteiger partial charge in [-0.05, 0) is 6.42 Å². The molecular weight excluding hydrogens is 132 g/mol. The zero-order chi connectivity index (χ0) is 7.98. The Morgan fingerprint density at radius 3 is 2.00 bits per heavy atom. The molecular formula is C7H16O3. The summed E-state index contributed by atoms with van der Waals surface area (Å²) in [6, 6.07) is 0. The van der Waals surface area contributed by atoms with Crippen LogP contribution in [0.3, 0.4) is 0 Å². The summed E-state index contributed by atoms with van der Waals surface area (Å²) in [5, 5.41) is 26.4. The molecule has 0 radical (unpaired) electrons. The molecule has 0 aromatic carbocycles. The number of aliphatic hydroxyl groups is 3. The molecule has 0 aliphatic heterocycles. The molecule has 0 amide bonds. The lowest BCUT2D eigenvalue weighted by molar-refractivity contribution is 0.0269. The van der Waals surface area contributed by atoms with Crippen LogP contribution < -0.4 is 0 Å². The molecule has 0 aromatic rings. The molecule has 0 bridgehead atoms. The Hall–Kier alpha value is -0.120. The molecule has 3 N–H and O–H groups in total. The molecule has 3 nitrogen and oxygen atoms in total. The number of hydrogen-bond acceptors (Lipinski definition) is 3. The summed E-state index contributed by atoms with van der Waals surface area (Å²) in [5.74, 6) is -0.361. The molecule has 62 valence electrons. The summed E-state index contributed by atoms with van der Waals surface area (Å²) >= 11 is 0. The van der Waals surface area contributed by atoms with E-state index >= 15 is 0 Å². The highest BCUT2D eigenvalue weighted by molar-refractivity contribution is 4.65. The third kappa shape index (κ3) is 3.15. The molecule has 0 aliphatic rings. The Kier molecular flexibility index (Phi) is 5.58. The monoisotopic (exact) mass is 148 g/mol. The van der Waals surface area contributed by atoms with Crippen LogP contribution in [-0.4, -0.2) is 34.6 Å². The van der Waals surface area contributed by atoms with Gasteiger partial charge < -0.3 is 15.3 Å². The first kappa shape index (κ1) is 9.88. The first-order chi connectivity index (χ1) is 4.76. The Labute approximate surface area is 61.3 Å². The van der Waals surface area contributed by atoms with Crippen LogP contribution in [0.2, 0.25) is 0 Å². The zero-order valence-corrected chi connectivity index (χ0v) is 6.32. The van der Waals surface area contributed by atoms with Crippen molar-refractivity contribution in [1.82, 2.24) is 0 Å². The van der Waals surface area contributed by atoms with Gasteiger partial charge in [-0.2, -0.15) is 0 Å². The van der Waals surface area contributed by atoms with E-state index in [0.29, 0.717) is 6.42 Å². The van der Waals surface area contributed by atoms with Crippen LogP contribution in [0.15, 0.2) is 0 Å². The van der Waals surface area contributed by atoms with E-state index in [1.54, 1.807) is 0 Å². The van der Waals surface area contributed by atoms with Gasteiger partial charge >= 0.3 is 0 Å². The minimum Gasteiger partial charge on any atom is -0.396 e. The molecule has 10 heavy (non-hydrogen) atoms. The second-order valence-corrected chi connectivity index (χ2v) is 2.48. The molecule has 0 saturated carbocycles. The highest BCUT2D eigenvalue weighted by atomic mass is 16.3. The maximum Gasteiger partial charge on any atom is 0.0612 e. The highest BCUT2D eigenvalue weighted by Gasteiger charge is 2.15. The van der Waals surface area contributed by atoms with Crippen LogP contribution in [0.1, 0.15) is 19.8 Å². The molecule has 0 rings (SSSR count). The summed E-state index contributed by atoms with van der Waals surface area (Å²) in [7, 11) is 0. The molecule has 1 unspecified atom stereocenters. The van der Waals surface area contributed by atoms with Gasteiger partial charge in [-0.3, -0.25) is 0 Å². The molecule has 1 atom stereocenters. The van der Waals surface area contributed by atoms with Gasteiger partial charge in [-0.1, -0.05) is 13.3 Å². The minimum atomic E-state index is -0.556. The SMILES string of the molecule is CCCC(O)C(CO)CO. The third-order valence-corrected chi connectivity index (χ3v) is 1.60. The molecule has 0 aliphatic carbocycles. The standard InChI is InChI=1S/C7H16O3/c1-2-3-7(10)6(4-8)5-9/h6-10H,2-5H2,1H3. The zero-order valence-electron chi connectivity index (χ0n) is 6.32. The van der Waals surface area contributed by atoms with Gasteiger partial charge in [0.2, 0.25) is 0 Å². The summed E-state index contributed by atoms with van der Waals surface area (Å²) in [5.41, 5.74) is 0. The van der Waals surface area contributed by atoms with Crippen molar-refractivity contribution in [3.8, 4) is 0 Å². The Balaban J connectivity index is 3.53. The maximum absolute atomic E-state index is 9.19. The van der Waals surface area contributed by atoms with Crippen molar-refractivity contribution in [3.63, 3.8) is 0 Å². The van der Waals surface area contributed by atoms with E-state index in [9.17, 15) is 5.11 Å². The first-order valence-corrected chi connectivity index (χ1v) is 3.66. The largest absolute Gasteiger partial charge is 0.396 e. The Morgan fingerprint density at radius 2 is 1.70 bits per heavy atom. The second kappa shape index (κ2) is 5.65. The molecule has 0 aromatic heterocycles. The van der Waals surface area contributed by atoms with Crippen LogP contribution in [0.5, 0.6) is 0 Å². The highest BCUT2D eigenvalue weighted by Crippen LogP contribution is 2.07. The average molecular weight is 148 g/mol.